The molecular formula is C10H16O7. The van der Waals surface area contributed by atoms with E-state index in [2.05, 4.69) is 0 Å². The first kappa shape index (κ1) is 13.9. The Balaban J connectivity index is 2.78. The number of esters is 2. The van der Waals surface area contributed by atoms with Gasteiger partial charge in [-0.15, -0.1) is 0 Å². The summed E-state index contributed by atoms with van der Waals surface area (Å²) in [6.07, 6.45) is -3.81. The number of rotatable bonds is 3. The molecule has 0 aromatic rings. The Labute approximate surface area is 98.3 Å². The van der Waals surface area contributed by atoms with E-state index in [0.29, 0.717) is 0 Å². The van der Waals surface area contributed by atoms with Crippen molar-refractivity contribution in [3.05, 3.63) is 0 Å². The second-order valence-electron chi connectivity index (χ2n) is 3.77. The Hall–Kier alpha value is -1.18. The van der Waals surface area contributed by atoms with Crippen molar-refractivity contribution in [1.82, 2.24) is 0 Å². The Morgan fingerprint density at radius 2 is 1.88 bits per heavy atom. The summed E-state index contributed by atoms with van der Waals surface area (Å²) in [5.41, 5.74) is 0. The molecule has 4 atom stereocenters. The van der Waals surface area contributed by atoms with Gasteiger partial charge in [-0.25, -0.2) is 0 Å². The minimum absolute atomic E-state index is 0.00593. The van der Waals surface area contributed by atoms with E-state index < -0.39 is 43.1 Å². The van der Waals surface area contributed by atoms with Gasteiger partial charge in [0.1, 0.15) is 12.2 Å². The first-order valence-corrected chi connectivity index (χ1v) is 5.23. The molecule has 1 aliphatic rings. The van der Waals surface area contributed by atoms with Gasteiger partial charge < -0.3 is 24.4 Å². The molecule has 0 unspecified atom stereocenters. The molecule has 0 amide bonds. The monoisotopic (exact) mass is 248 g/mol. The van der Waals surface area contributed by atoms with Crippen LogP contribution >= 0.6 is 0 Å². The predicted octanol–water partition coefficient (Wildman–Crippen LogP) is -1.05. The molecule has 0 aromatic carbocycles. The quantitative estimate of drug-likeness (QED) is 0.614. The molecule has 0 saturated carbocycles. The zero-order valence-electron chi connectivity index (χ0n) is 9.66. The van der Waals surface area contributed by atoms with Gasteiger partial charge in [-0.1, -0.05) is 0 Å². The van der Waals surface area contributed by atoms with E-state index in [4.69, 9.17) is 19.3 Å². The molecule has 7 heteroatoms. The van der Waals surface area contributed by atoms with E-state index in [-0.39, 0.29) is 6.42 Å². The lowest BCUT2D eigenvalue weighted by Gasteiger charge is -2.37. The van der Waals surface area contributed by atoms with E-state index >= 15 is 0 Å². The smallest absolute Gasteiger partial charge is 0.303 e. The van der Waals surface area contributed by atoms with Gasteiger partial charge in [-0.3, -0.25) is 9.59 Å². The number of aliphatic hydroxyl groups is 2. The molecule has 1 rings (SSSR count). The third-order valence-electron chi connectivity index (χ3n) is 2.30. The highest BCUT2D eigenvalue weighted by Crippen LogP contribution is 2.24. The molecule has 1 aliphatic heterocycles. The normalized spacial score (nSPS) is 32.9. The molecule has 1 heterocycles. The topological polar surface area (TPSA) is 102 Å². The molecule has 17 heavy (non-hydrogen) atoms. The highest BCUT2D eigenvalue weighted by molar-refractivity contribution is 5.67. The van der Waals surface area contributed by atoms with E-state index in [1.165, 1.54) is 13.8 Å². The van der Waals surface area contributed by atoms with Crippen molar-refractivity contribution in [2.24, 2.45) is 0 Å². The summed E-state index contributed by atoms with van der Waals surface area (Å²) in [5.74, 6) is -1.14. The van der Waals surface area contributed by atoms with Crippen molar-refractivity contribution in [2.45, 2.75) is 44.9 Å². The van der Waals surface area contributed by atoms with Crippen LogP contribution in [-0.4, -0.2) is 53.4 Å². The summed E-state index contributed by atoms with van der Waals surface area (Å²) >= 11 is 0. The van der Waals surface area contributed by atoms with Gasteiger partial charge in [0.05, 0.1) is 6.61 Å². The highest BCUT2D eigenvalue weighted by Gasteiger charge is 2.42. The van der Waals surface area contributed by atoms with Crippen LogP contribution in [-0.2, 0) is 23.8 Å². The zero-order chi connectivity index (χ0) is 13.0. The molecule has 2 N–H and O–H groups in total. The maximum atomic E-state index is 10.9. The summed E-state index contributed by atoms with van der Waals surface area (Å²) in [7, 11) is 0. The molecule has 1 fully saturated rings. The molecule has 0 aliphatic carbocycles. The van der Waals surface area contributed by atoms with Crippen molar-refractivity contribution in [3.8, 4) is 0 Å². The molecule has 0 bridgehead atoms. The van der Waals surface area contributed by atoms with Crippen molar-refractivity contribution < 1.29 is 34.0 Å². The van der Waals surface area contributed by atoms with Crippen LogP contribution in [0.4, 0.5) is 0 Å². The molecule has 7 nitrogen and oxygen atoms in total. The summed E-state index contributed by atoms with van der Waals surface area (Å²) in [5, 5.41) is 18.5. The number of carbonyl (C=O) groups is 2. The van der Waals surface area contributed by atoms with Crippen LogP contribution in [0.2, 0.25) is 0 Å². The minimum Gasteiger partial charge on any atom is -0.458 e. The lowest BCUT2D eigenvalue weighted by molar-refractivity contribution is -0.251. The molecule has 98 valence electrons. The number of ether oxygens (including phenoxy) is 3. The molecule has 1 saturated heterocycles. The molecule has 0 spiro atoms. The van der Waals surface area contributed by atoms with E-state index in [0.717, 1.165) is 0 Å². The summed E-state index contributed by atoms with van der Waals surface area (Å²) < 4.78 is 14.9. The fraction of sp³-hybridized carbons (Fsp3) is 0.800. The molecule has 0 aromatic heterocycles. The fourth-order valence-corrected chi connectivity index (χ4v) is 1.73. The van der Waals surface area contributed by atoms with Gasteiger partial charge in [0.25, 0.3) is 0 Å². The Morgan fingerprint density at radius 3 is 2.35 bits per heavy atom. The largest absolute Gasteiger partial charge is 0.458 e. The van der Waals surface area contributed by atoms with Crippen LogP contribution in [0.1, 0.15) is 20.3 Å². The first-order valence-electron chi connectivity index (χ1n) is 5.23. The maximum Gasteiger partial charge on any atom is 0.303 e. The number of carbonyl (C=O) groups excluding carboxylic acids is 2. The molecule has 0 radical (unpaired) electrons. The van der Waals surface area contributed by atoms with Crippen LogP contribution in [0, 0.1) is 0 Å². The SMILES string of the molecule is CC(=O)O[C@H]1[C@H](OC(C)=O)C[C@H](O)O[C@@H]1CO. The van der Waals surface area contributed by atoms with Crippen LogP contribution in [0.15, 0.2) is 0 Å². The van der Waals surface area contributed by atoms with Crippen molar-refractivity contribution in [2.75, 3.05) is 6.61 Å². The highest BCUT2D eigenvalue weighted by atomic mass is 16.7. The van der Waals surface area contributed by atoms with E-state index in [9.17, 15) is 14.7 Å². The standard InChI is InChI=1S/C10H16O7/c1-5(12)15-7-3-9(14)17-8(4-11)10(7)16-6(2)13/h7-11,14H,3-4H2,1-2H3/t7-,8-,9-,10+/m1/s1. The minimum atomic E-state index is -1.16. The molecular weight excluding hydrogens is 232 g/mol. The van der Waals surface area contributed by atoms with Crippen molar-refractivity contribution in [3.63, 3.8) is 0 Å². The summed E-state index contributed by atoms with van der Waals surface area (Å²) in [6.45, 7) is 1.96. The van der Waals surface area contributed by atoms with Gasteiger partial charge in [0.15, 0.2) is 12.4 Å². The van der Waals surface area contributed by atoms with Gasteiger partial charge in [0, 0.05) is 20.3 Å². The van der Waals surface area contributed by atoms with E-state index in [1.807, 2.05) is 0 Å². The fourth-order valence-electron chi connectivity index (χ4n) is 1.73. The maximum absolute atomic E-state index is 10.9. The van der Waals surface area contributed by atoms with Gasteiger partial charge in [0.2, 0.25) is 0 Å². The van der Waals surface area contributed by atoms with Gasteiger partial charge in [-0.2, -0.15) is 0 Å². The summed E-state index contributed by atoms with van der Waals surface area (Å²) in [6, 6.07) is 0. The third-order valence-corrected chi connectivity index (χ3v) is 2.30. The Bertz CT molecular complexity index is 290. The summed E-state index contributed by atoms with van der Waals surface area (Å²) in [4.78, 5) is 21.8. The lowest BCUT2D eigenvalue weighted by atomic mass is 10.0. The van der Waals surface area contributed by atoms with Gasteiger partial charge in [-0.05, 0) is 0 Å². The predicted molar refractivity (Wildman–Crippen MR) is 53.7 cm³/mol. The first-order chi connectivity index (χ1) is 7.93. The van der Waals surface area contributed by atoms with Crippen LogP contribution in [0.5, 0.6) is 0 Å². The second kappa shape index (κ2) is 5.95. The number of aliphatic hydroxyl groups excluding tert-OH is 2. The van der Waals surface area contributed by atoms with Crippen LogP contribution in [0.3, 0.4) is 0 Å². The Kier molecular flexibility index (Phi) is 4.86. The van der Waals surface area contributed by atoms with Gasteiger partial charge >= 0.3 is 11.9 Å². The third kappa shape index (κ3) is 3.95. The number of hydrogen-bond acceptors (Lipinski definition) is 7. The average molecular weight is 248 g/mol. The van der Waals surface area contributed by atoms with E-state index in [1.54, 1.807) is 0 Å². The number of hydrogen-bond donors (Lipinski definition) is 2. The zero-order valence-corrected chi connectivity index (χ0v) is 9.66. The Morgan fingerprint density at radius 1 is 1.29 bits per heavy atom. The lowest BCUT2D eigenvalue weighted by Crippen LogP contribution is -2.53. The van der Waals surface area contributed by atoms with Crippen LogP contribution < -0.4 is 0 Å². The van der Waals surface area contributed by atoms with Crippen LogP contribution in [0.25, 0.3) is 0 Å². The van der Waals surface area contributed by atoms with Crippen molar-refractivity contribution in [1.29, 1.82) is 0 Å². The van der Waals surface area contributed by atoms with Crippen molar-refractivity contribution >= 4 is 11.9 Å². The average Bonchev–Trinajstić information content (AvgIpc) is 2.20. The second-order valence-corrected chi connectivity index (χ2v) is 3.77.